The van der Waals surface area contributed by atoms with Crippen LogP contribution in [0.15, 0.2) is 79.0 Å². The molecule has 1 unspecified atom stereocenters. The van der Waals surface area contributed by atoms with Crippen molar-refractivity contribution in [3.8, 4) is 5.75 Å². The Balaban J connectivity index is 1.52. The molecule has 29 heavy (non-hydrogen) atoms. The maximum Gasteiger partial charge on any atom is 0.221 e. The van der Waals surface area contributed by atoms with Crippen LogP contribution in [0.5, 0.6) is 5.75 Å². The van der Waals surface area contributed by atoms with Gasteiger partial charge in [0.05, 0.1) is 11.7 Å². The van der Waals surface area contributed by atoms with E-state index in [9.17, 15) is 9.18 Å². The summed E-state index contributed by atoms with van der Waals surface area (Å²) in [6.45, 7) is 0.151. The largest absolute Gasteiger partial charge is 0.488 e. The summed E-state index contributed by atoms with van der Waals surface area (Å²) in [6.07, 6.45) is 2.16. The molecule has 0 fully saturated rings. The van der Waals surface area contributed by atoms with Crippen LogP contribution in [0.2, 0.25) is 0 Å². The Hall–Kier alpha value is -2.86. The molecule has 1 heterocycles. The van der Waals surface area contributed by atoms with Crippen molar-refractivity contribution in [1.29, 1.82) is 0 Å². The molecule has 0 radical (unpaired) electrons. The third kappa shape index (κ3) is 6.91. The van der Waals surface area contributed by atoms with Crippen molar-refractivity contribution in [2.45, 2.75) is 18.2 Å². The quantitative estimate of drug-likeness (QED) is 0.489. The van der Waals surface area contributed by atoms with E-state index in [1.165, 1.54) is 6.07 Å². The molecular formula is C23H23FN2O2S. The Morgan fingerprint density at radius 3 is 2.55 bits per heavy atom. The van der Waals surface area contributed by atoms with Crippen LogP contribution in [0, 0.1) is 5.82 Å². The minimum Gasteiger partial charge on any atom is -0.488 e. The van der Waals surface area contributed by atoms with E-state index in [0.29, 0.717) is 12.2 Å². The Kier molecular flexibility index (Phi) is 8.07. The number of ether oxygens (including phenoxy) is 1. The number of para-hydroxylation sites is 1. The van der Waals surface area contributed by atoms with Crippen molar-refractivity contribution in [2.24, 2.45) is 0 Å². The van der Waals surface area contributed by atoms with Crippen LogP contribution in [0.3, 0.4) is 0 Å². The molecule has 0 saturated carbocycles. The molecule has 0 aliphatic carbocycles. The molecule has 0 aliphatic heterocycles. The van der Waals surface area contributed by atoms with E-state index in [-0.39, 0.29) is 24.3 Å². The number of benzene rings is 2. The highest BCUT2D eigenvalue weighted by Gasteiger charge is 2.16. The first-order valence-corrected chi connectivity index (χ1v) is 10.6. The number of aromatic nitrogens is 1. The highest BCUT2D eigenvalue weighted by molar-refractivity contribution is 7.98. The Morgan fingerprint density at radius 2 is 1.79 bits per heavy atom. The smallest absolute Gasteiger partial charge is 0.221 e. The van der Waals surface area contributed by atoms with E-state index < -0.39 is 5.82 Å². The molecule has 0 saturated heterocycles. The molecule has 0 spiro atoms. The molecule has 2 aromatic carbocycles. The molecule has 1 aromatic heterocycles. The van der Waals surface area contributed by atoms with Gasteiger partial charge in [0.15, 0.2) is 11.6 Å². The van der Waals surface area contributed by atoms with E-state index in [1.54, 1.807) is 36.2 Å². The van der Waals surface area contributed by atoms with Crippen LogP contribution in [0.25, 0.3) is 0 Å². The van der Waals surface area contributed by atoms with Gasteiger partial charge < -0.3 is 10.1 Å². The first-order valence-electron chi connectivity index (χ1n) is 9.41. The first kappa shape index (κ1) is 20.9. The van der Waals surface area contributed by atoms with Crippen LogP contribution < -0.4 is 10.1 Å². The third-order valence-electron chi connectivity index (χ3n) is 4.23. The summed E-state index contributed by atoms with van der Waals surface area (Å²) in [6, 6.07) is 21.3. The summed E-state index contributed by atoms with van der Waals surface area (Å²) >= 11 is 1.67. The fourth-order valence-electron chi connectivity index (χ4n) is 2.73. The van der Waals surface area contributed by atoms with E-state index >= 15 is 0 Å². The molecule has 0 bridgehead atoms. The van der Waals surface area contributed by atoms with Gasteiger partial charge in [-0.2, -0.15) is 11.8 Å². The molecule has 1 amide bonds. The van der Waals surface area contributed by atoms with Gasteiger partial charge in [0.1, 0.15) is 6.61 Å². The molecule has 1 atom stereocenters. The minimum absolute atomic E-state index is 0.0653. The van der Waals surface area contributed by atoms with E-state index in [2.05, 4.69) is 10.3 Å². The van der Waals surface area contributed by atoms with Crippen molar-refractivity contribution in [1.82, 2.24) is 10.3 Å². The number of rotatable bonds is 10. The molecule has 3 aromatic rings. The lowest BCUT2D eigenvalue weighted by atomic mass is 10.1. The van der Waals surface area contributed by atoms with Gasteiger partial charge in [-0.15, -0.1) is 0 Å². The molecule has 4 nitrogen and oxygen atoms in total. The molecule has 0 aliphatic rings. The fourth-order valence-corrected chi connectivity index (χ4v) is 3.59. The van der Waals surface area contributed by atoms with E-state index in [0.717, 1.165) is 17.0 Å². The lowest BCUT2D eigenvalue weighted by molar-refractivity contribution is -0.121. The Labute approximate surface area is 174 Å². The highest BCUT2D eigenvalue weighted by Crippen LogP contribution is 2.20. The van der Waals surface area contributed by atoms with Crippen LogP contribution in [-0.4, -0.2) is 23.3 Å². The molecular weight excluding hydrogens is 387 g/mol. The molecule has 6 heteroatoms. The number of carbonyl (C=O) groups is 1. The molecule has 150 valence electrons. The number of halogens is 1. The number of carbonyl (C=O) groups excluding carboxylic acids is 1. The van der Waals surface area contributed by atoms with Gasteiger partial charge in [0.25, 0.3) is 0 Å². The van der Waals surface area contributed by atoms with Crippen molar-refractivity contribution in [3.05, 3.63) is 96.1 Å². The van der Waals surface area contributed by atoms with Crippen molar-refractivity contribution in [2.75, 3.05) is 12.4 Å². The number of nitrogens with zero attached hydrogens (tertiary/aromatic N) is 1. The number of pyridine rings is 1. The van der Waals surface area contributed by atoms with E-state index in [1.807, 2.05) is 48.5 Å². The fraction of sp³-hybridized carbons (Fsp3) is 0.217. The van der Waals surface area contributed by atoms with Gasteiger partial charge in [-0.3, -0.25) is 9.78 Å². The summed E-state index contributed by atoms with van der Waals surface area (Å²) in [5.74, 6) is 1.15. The topological polar surface area (TPSA) is 51.2 Å². The number of thioether (sulfide) groups is 1. The monoisotopic (exact) mass is 410 g/mol. The average Bonchev–Trinajstić information content (AvgIpc) is 2.76. The third-order valence-corrected chi connectivity index (χ3v) is 5.22. The Morgan fingerprint density at radius 1 is 1.03 bits per heavy atom. The number of nitrogens with one attached hydrogen (secondary N) is 1. The van der Waals surface area contributed by atoms with Gasteiger partial charge in [-0.25, -0.2) is 4.39 Å². The highest BCUT2D eigenvalue weighted by atomic mass is 32.2. The first-order chi connectivity index (χ1) is 14.2. The zero-order valence-corrected chi connectivity index (χ0v) is 16.8. The van der Waals surface area contributed by atoms with Gasteiger partial charge in [0, 0.05) is 24.1 Å². The average molecular weight is 411 g/mol. The minimum atomic E-state index is -0.420. The van der Waals surface area contributed by atoms with Crippen molar-refractivity contribution < 1.29 is 13.9 Å². The number of amides is 1. The van der Waals surface area contributed by atoms with Crippen LogP contribution in [0.4, 0.5) is 4.39 Å². The molecule has 3 rings (SSSR count). The lowest BCUT2D eigenvalue weighted by Gasteiger charge is -2.20. The standard InChI is InChI=1S/C23H23FN2O2S/c24-20-11-4-5-12-22(20)28-16-21(18-8-2-1-3-9-18)26-23(27)13-15-29-17-19-10-6-7-14-25-19/h1-12,14,21H,13,15-17H2,(H,26,27). The van der Waals surface area contributed by atoms with Crippen LogP contribution in [0.1, 0.15) is 23.7 Å². The molecule has 1 N–H and O–H groups in total. The Bertz CT molecular complexity index is 894. The predicted molar refractivity (Wildman–Crippen MR) is 114 cm³/mol. The number of hydrogen-bond acceptors (Lipinski definition) is 4. The normalized spacial score (nSPS) is 11.6. The maximum atomic E-state index is 13.8. The summed E-state index contributed by atoms with van der Waals surface area (Å²) in [4.78, 5) is 16.7. The van der Waals surface area contributed by atoms with Gasteiger partial charge in [-0.1, -0.05) is 48.5 Å². The summed E-state index contributed by atoms with van der Waals surface area (Å²) < 4.78 is 19.5. The van der Waals surface area contributed by atoms with Crippen LogP contribution in [-0.2, 0) is 10.5 Å². The summed E-state index contributed by atoms with van der Waals surface area (Å²) in [5, 5.41) is 3.01. The zero-order chi connectivity index (χ0) is 20.3. The second kappa shape index (κ2) is 11.2. The zero-order valence-electron chi connectivity index (χ0n) is 16.0. The van der Waals surface area contributed by atoms with Gasteiger partial charge >= 0.3 is 0 Å². The maximum absolute atomic E-state index is 13.8. The van der Waals surface area contributed by atoms with Crippen molar-refractivity contribution in [3.63, 3.8) is 0 Å². The number of hydrogen-bond donors (Lipinski definition) is 1. The van der Waals surface area contributed by atoms with Crippen LogP contribution >= 0.6 is 11.8 Å². The van der Waals surface area contributed by atoms with Gasteiger partial charge in [0.2, 0.25) is 5.91 Å². The van der Waals surface area contributed by atoms with Crippen molar-refractivity contribution >= 4 is 17.7 Å². The lowest BCUT2D eigenvalue weighted by Crippen LogP contribution is -2.32. The summed E-state index contributed by atoms with van der Waals surface area (Å²) in [7, 11) is 0. The van der Waals surface area contributed by atoms with Gasteiger partial charge in [-0.05, 0) is 29.8 Å². The summed E-state index contributed by atoms with van der Waals surface area (Å²) in [5.41, 5.74) is 1.91. The van der Waals surface area contributed by atoms with E-state index in [4.69, 9.17) is 4.74 Å². The predicted octanol–water partition coefficient (Wildman–Crippen LogP) is 4.78. The SMILES string of the molecule is O=C(CCSCc1ccccn1)NC(COc1ccccc1F)c1ccccc1. The second-order valence-electron chi connectivity index (χ2n) is 6.40. The second-order valence-corrected chi connectivity index (χ2v) is 7.50.